The molecule has 0 aliphatic heterocycles. The van der Waals surface area contributed by atoms with Crippen LogP contribution in [-0.2, 0) is 0 Å². The first-order valence-corrected chi connectivity index (χ1v) is 7.12. The Kier molecular flexibility index (Phi) is 4.23. The predicted molar refractivity (Wildman–Crippen MR) is 80.8 cm³/mol. The number of rotatable bonds is 5. The van der Waals surface area contributed by atoms with Crippen LogP contribution in [-0.4, -0.2) is 22.0 Å². The summed E-state index contributed by atoms with van der Waals surface area (Å²) in [5, 5.41) is 14.3. The molecule has 2 aromatic rings. The Bertz CT molecular complexity index is 697. The molecule has 4 N–H and O–H groups in total. The van der Waals surface area contributed by atoms with Crippen molar-refractivity contribution in [3.05, 3.63) is 45.4 Å². The Morgan fingerprint density at radius 1 is 1.43 bits per heavy atom. The van der Waals surface area contributed by atoms with E-state index in [-0.39, 0.29) is 11.7 Å². The molecule has 0 aliphatic carbocycles. The van der Waals surface area contributed by atoms with Gasteiger partial charge < -0.3 is 16.2 Å². The number of nitrogens with zero attached hydrogens (tertiary/aromatic N) is 1. The molecule has 1 aromatic heterocycles. The zero-order valence-electron chi connectivity index (χ0n) is 11.6. The number of primary amides is 1. The van der Waals surface area contributed by atoms with Crippen molar-refractivity contribution in [3.63, 3.8) is 0 Å². The van der Waals surface area contributed by atoms with Crippen LogP contribution in [0.25, 0.3) is 0 Å². The number of hydrogen-bond acceptors (Lipinski definition) is 5. The van der Waals surface area contributed by atoms with Crippen LogP contribution in [0.15, 0.2) is 23.6 Å². The van der Waals surface area contributed by atoms with Crippen molar-refractivity contribution in [3.8, 4) is 0 Å². The number of carboxylic acids is 1. The molecule has 1 amide bonds. The lowest BCUT2D eigenvalue weighted by Crippen LogP contribution is -2.13. The van der Waals surface area contributed by atoms with Crippen molar-refractivity contribution in [2.75, 3.05) is 5.32 Å². The molecule has 0 spiro atoms. The van der Waals surface area contributed by atoms with E-state index in [9.17, 15) is 9.59 Å². The average Bonchev–Trinajstić information content (AvgIpc) is 2.88. The summed E-state index contributed by atoms with van der Waals surface area (Å²) < 4.78 is 0. The first-order valence-electron chi connectivity index (χ1n) is 6.24. The van der Waals surface area contributed by atoms with Gasteiger partial charge in [0.1, 0.15) is 5.01 Å². The van der Waals surface area contributed by atoms with Gasteiger partial charge in [-0.25, -0.2) is 9.78 Å². The third-order valence-electron chi connectivity index (χ3n) is 2.99. The molecular formula is C14H15N3O3S. The van der Waals surface area contributed by atoms with E-state index in [1.807, 2.05) is 19.9 Å². The summed E-state index contributed by atoms with van der Waals surface area (Å²) in [7, 11) is 0. The van der Waals surface area contributed by atoms with Gasteiger partial charge in [-0.15, -0.1) is 11.3 Å². The van der Waals surface area contributed by atoms with Crippen molar-refractivity contribution >= 4 is 28.9 Å². The second kappa shape index (κ2) is 5.92. The topological polar surface area (TPSA) is 105 Å². The van der Waals surface area contributed by atoms with Crippen molar-refractivity contribution in [1.29, 1.82) is 0 Å². The predicted octanol–water partition coefficient (Wildman–Crippen LogP) is 2.42. The minimum absolute atomic E-state index is 0.0453. The van der Waals surface area contributed by atoms with Crippen LogP contribution >= 0.6 is 11.3 Å². The van der Waals surface area contributed by atoms with Crippen LogP contribution in [0.3, 0.4) is 0 Å². The van der Waals surface area contributed by atoms with Crippen LogP contribution in [0.1, 0.15) is 44.4 Å². The van der Waals surface area contributed by atoms with Crippen molar-refractivity contribution in [2.24, 2.45) is 5.73 Å². The maximum absolute atomic E-state index is 11.2. The SMILES string of the molecule is Cc1cc(NC(C)c2nc(C(=O)O)cs2)ccc1C(N)=O. The highest BCUT2D eigenvalue weighted by molar-refractivity contribution is 7.09. The molecule has 0 radical (unpaired) electrons. The quantitative estimate of drug-likeness (QED) is 0.786. The van der Waals surface area contributed by atoms with Crippen molar-refractivity contribution in [2.45, 2.75) is 19.9 Å². The van der Waals surface area contributed by atoms with Crippen molar-refractivity contribution < 1.29 is 14.7 Å². The number of anilines is 1. The molecule has 0 fully saturated rings. The van der Waals surface area contributed by atoms with Crippen LogP contribution < -0.4 is 11.1 Å². The maximum Gasteiger partial charge on any atom is 0.355 e. The number of benzene rings is 1. The van der Waals surface area contributed by atoms with E-state index in [4.69, 9.17) is 10.8 Å². The molecule has 7 heteroatoms. The molecule has 1 heterocycles. The Labute approximate surface area is 125 Å². The number of aryl methyl sites for hydroxylation is 1. The monoisotopic (exact) mass is 305 g/mol. The first kappa shape index (κ1) is 15.0. The van der Waals surface area contributed by atoms with E-state index in [1.165, 1.54) is 16.7 Å². The number of hydrogen-bond donors (Lipinski definition) is 3. The highest BCUT2D eigenvalue weighted by atomic mass is 32.1. The zero-order chi connectivity index (χ0) is 15.6. The van der Waals surface area contributed by atoms with Gasteiger partial charge in [-0.1, -0.05) is 0 Å². The largest absolute Gasteiger partial charge is 0.476 e. The lowest BCUT2D eigenvalue weighted by atomic mass is 10.1. The fourth-order valence-corrected chi connectivity index (χ4v) is 2.73. The summed E-state index contributed by atoms with van der Waals surface area (Å²) in [6.45, 7) is 3.70. The standard InChI is InChI=1S/C14H15N3O3S/c1-7-5-9(3-4-10(7)12(15)18)16-8(2)13-17-11(6-21-13)14(19)20/h3-6,8,16H,1-2H3,(H2,15,18)(H,19,20). The summed E-state index contributed by atoms with van der Waals surface area (Å²) in [5.41, 5.74) is 7.39. The summed E-state index contributed by atoms with van der Waals surface area (Å²) in [4.78, 5) is 26.1. The van der Waals surface area contributed by atoms with Gasteiger partial charge in [0.2, 0.25) is 5.91 Å². The summed E-state index contributed by atoms with van der Waals surface area (Å²) in [6, 6.07) is 5.11. The van der Waals surface area contributed by atoms with Gasteiger partial charge in [-0.3, -0.25) is 4.79 Å². The van der Waals surface area contributed by atoms with E-state index >= 15 is 0 Å². The van der Waals surface area contributed by atoms with Crippen LogP contribution in [0.5, 0.6) is 0 Å². The number of aromatic carboxylic acids is 1. The Morgan fingerprint density at radius 2 is 2.14 bits per heavy atom. The molecule has 0 bridgehead atoms. The molecule has 1 unspecified atom stereocenters. The van der Waals surface area contributed by atoms with Gasteiger partial charge in [-0.05, 0) is 37.6 Å². The molecule has 1 aromatic carbocycles. The molecule has 21 heavy (non-hydrogen) atoms. The minimum atomic E-state index is -1.04. The second-order valence-corrected chi connectivity index (χ2v) is 5.53. The highest BCUT2D eigenvalue weighted by Gasteiger charge is 2.14. The van der Waals surface area contributed by atoms with Gasteiger partial charge in [-0.2, -0.15) is 0 Å². The highest BCUT2D eigenvalue weighted by Crippen LogP contribution is 2.24. The lowest BCUT2D eigenvalue weighted by molar-refractivity contribution is 0.0691. The molecule has 6 nitrogen and oxygen atoms in total. The number of amides is 1. The molecule has 1 atom stereocenters. The number of thiazole rings is 1. The number of nitrogens with one attached hydrogen (secondary N) is 1. The van der Waals surface area contributed by atoms with Crippen LogP contribution in [0.4, 0.5) is 5.69 Å². The molecule has 0 saturated heterocycles. The van der Waals surface area contributed by atoms with E-state index in [1.54, 1.807) is 12.1 Å². The third kappa shape index (κ3) is 3.38. The second-order valence-electron chi connectivity index (χ2n) is 4.64. The fraction of sp³-hybridized carbons (Fsp3) is 0.214. The Hall–Kier alpha value is -2.41. The van der Waals surface area contributed by atoms with Crippen molar-refractivity contribution in [1.82, 2.24) is 4.98 Å². The molecule has 0 aliphatic rings. The molecule has 0 saturated carbocycles. The van der Waals surface area contributed by atoms with Gasteiger partial charge in [0, 0.05) is 16.6 Å². The smallest absolute Gasteiger partial charge is 0.355 e. The van der Waals surface area contributed by atoms with Gasteiger partial charge in [0.05, 0.1) is 6.04 Å². The normalized spacial score (nSPS) is 11.9. The zero-order valence-corrected chi connectivity index (χ0v) is 12.4. The number of carboxylic acid groups (broad SMARTS) is 1. The van der Waals surface area contributed by atoms with E-state index in [2.05, 4.69) is 10.3 Å². The Morgan fingerprint density at radius 3 is 2.67 bits per heavy atom. The number of nitrogens with two attached hydrogens (primary N) is 1. The Balaban J connectivity index is 2.15. The van der Waals surface area contributed by atoms with E-state index in [0.29, 0.717) is 10.6 Å². The molecule has 2 rings (SSSR count). The molecule has 110 valence electrons. The summed E-state index contributed by atoms with van der Waals surface area (Å²) in [6.07, 6.45) is 0. The number of carbonyl (C=O) groups is 2. The number of carbonyl (C=O) groups excluding carboxylic acids is 1. The lowest BCUT2D eigenvalue weighted by Gasteiger charge is -2.14. The van der Waals surface area contributed by atoms with Crippen LogP contribution in [0.2, 0.25) is 0 Å². The van der Waals surface area contributed by atoms with Gasteiger partial charge in [0.25, 0.3) is 0 Å². The summed E-state index contributed by atoms with van der Waals surface area (Å²) in [5.74, 6) is -1.50. The van der Waals surface area contributed by atoms with Gasteiger partial charge in [0.15, 0.2) is 5.69 Å². The average molecular weight is 305 g/mol. The maximum atomic E-state index is 11.2. The number of aromatic nitrogens is 1. The summed E-state index contributed by atoms with van der Waals surface area (Å²) >= 11 is 1.29. The molecular weight excluding hydrogens is 290 g/mol. The van der Waals surface area contributed by atoms with Crippen LogP contribution in [0, 0.1) is 6.92 Å². The fourth-order valence-electron chi connectivity index (χ4n) is 1.93. The van der Waals surface area contributed by atoms with E-state index in [0.717, 1.165) is 11.3 Å². The first-order chi connectivity index (χ1) is 9.88. The van der Waals surface area contributed by atoms with E-state index < -0.39 is 11.9 Å². The third-order valence-corrected chi connectivity index (χ3v) is 4.01. The van der Waals surface area contributed by atoms with Gasteiger partial charge >= 0.3 is 5.97 Å². The minimum Gasteiger partial charge on any atom is -0.476 e.